The van der Waals surface area contributed by atoms with Crippen LogP contribution in [0.1, 0.15) is 22.4 Å². The maximum Gasteiger partial charge on any atom is 0.158 e. The van der Waals surface area contributed by atoms with E-state index in [4.69, 9.17) is 11.6 Å². The quantitative estimate of drug-likeness (QED) is 0.576. The summed E-state index contributed by atoms with van der Waals surface area (Å²) in [5, 5.41) is 6.08. The lowest BCUT2D eigenvalue weighted by Crippen LogP contribution is -1.96. The molecule has 2 aromatic heterocycles. The van der Waals surface area contributed by atoms with Crippen molar-refractivity contribution in [1.29, 1.82) is 0 Å². The number of aryl methyl sites for hydroxylation is 2. The average molecular weight is 329 g/mol. The van der Waals surface area contributed by atoms with E-state index in [0.29, 0.717) is 5.02 Å². The molecular weight excluding hydrogens is 316 g/mol. The first-order valence-corrected chi connectivity index (χ1v) is 8.31. The maximum atomic E-state index is 6.12. The van der Waals surface area contributed by atoms with E-state index in [1.807, 2.05) is 24.3 Å². The van der Waals surface area contributed by atoms with Gasteiger partial charge in [0.05, 0.1) is 11.6 Å². The number of thiophene rings is 1. The van der Waals surface area contributed by atoms with E-state index in [1.165, 1.54) is 16.9 Å². The molecule has 2 heterocycles. The molecule has 1 N–H and O–H groups in total. The van der Waals surface area contributed by atoms with Gasteiger partial charge >= 0.3 is 0 Å². The molecule has 0 radical (unpaired) electrons. The summed E-state index contributed by atoms with van der Waals surface area (Å²) in [4.78, 5) is 11.2. The third-order valence-corrected chi connectivity index (χ3v) is 5.32. The number of nitrogens with zero attached hydrogens (tertiary/aromatic N) is 3. The van der Waals surface area contributed by atoms with Crippen LogP contribution in [0.3, 0.4) is 0 Å². The summed E-state index contributed by atoms with van der Waals surface area (Å²) in [5.41, 5.74) is 5.30. The molecule has 0 atom stereocenters. The topological polar surface area (TPSA) is 50.2 Å². The number of anilines is 1. The zero-order chi connectivity index (χ0) is 14.9. The normalized spacial score (nSPS) is 13.9. The number of aromatic nitrogens is 2. The summed E-state index contributed by atoms with van der Waals surface area (Å²) in [5.74, 6) is 0.771. The van der Waals surface area contributed by atoms with Crippen LogP contribution in [-0.2, 0) is 12.8 Å². The maximum absolute atomic E-state index is 6.12. The van der Waals surface area contributed by atoms with E-state index >= 15 is 0 Å². The fourth-order valence-corrected chi connectivity index (χ4v) is 4.17. The minimum absolute atomic E-state index is 0.678. The number of benzene rings is 1. The van der Waals surface area contributed by atoms with E-state index in [0.717, 1.165) is 34.4 Å². The van der Waals surface area contributed by atoms with E-state index < -0.39 is 0 Å². The van der Waals surface area contributed by atoms with Crippen molar-refractivity contribution in [3.63, 3.8) is 0 Å². The van der Waals surface area contributed by atoms with Gasteiger partial charge in [-0.25, -0.2) is 9.97 Å². The van der Waals surface area contributed by atoms with E-state index in [2.05, 4.69) is 20.5 Å². The molecule has 0 amide bonds. The summed E-state index contributed by atoms with van der Waals surface area (Å²) in [7, 11) is 0. The Hall–Kier alpha value is -1.98. The van der Waals surface area contributed by atoms with Crippen molar-refractivity contribution in [2.24, 2.45) is 5.10 Å². The van der Waals surface area contributed by atoms with Gasteiger partial charge < -0.3 is 0 Å². The van der Waals surface area contributed by atoms with Gasteiger partial charge in [-0.1, -0.05) is 29.8 Å². The number of nitrogens with one attached hydrogen (secondary N) is 1. The molecule has 0 bridgehead atoms. The number of fused-ring (bicyclic) bond motifs is 3. The molecule has 4 rings (SSSR count). The van der Waals surface area contributed by atoms with Crippen molar-refractivity contribution in [2.75, 3.05) is 5.43 Å². The van der Waals surface area contributed by atoms with Crippen LogP contribution in [0.5, 0.6) is 0 Å². The summed E-state index contributed by atoms with van der Waals surface area (Å²) >= 11 is 7.89. The molecule has 0 saturated heterocycles. The molecule has 1 aromatic carbocycles. The molecule has 0 fully saturated rings. The predicted molar refractivity (Wildman–Crippen MR) is 92.1 cm³/mol. The third kappa shape index (κ3) is 2.36. The van der Waals surface area contributed by atoms with E-state index in [9.17, 15) is 0 Å². The molecule has 4 nitrogen and oxygen atoms in total. The fraction of sp³-hybridized carbons (Fsp3) is 0.188. The Kier molecular flexibility index (Phi) is 3.52. The molecule has 110 valence electrons. The van der Waals surface area contributed by atoms with Gasteiger partial charge in [0, 0.05) is 15.5 Å². The summed E-state index contributed by atoms with van der Waals surface area (Å²) in [6.07, 6.45) is 6.77. The lowest BCUT2D eigenvalue weighted by molar-refractivity contribution is 0.917. The van der Waals surface area contributed by atoms with Crippen LogP contribution in [0, 0.1) is 0 Å². The van der Waals surface area contributed by atoms with E-state index in [-0.39, 0.29) is 0 Å². The smallest absolute Gasteiger partial charge is 0.158 e. The number of hydrogen-bond donors (Lipinski definition) is 1. The minimum atomic E-state index is 0.678. The Labute approximate surface area is 136 Å². The molecular formula is C16H13ClN4S. The summed E-state index contributed by atoms with van der Waals surface area (Å²) < 4.78 is 0. The van der Waals surface area contributed by atoms with Gasteiger partial charge in [0.2, 0.25) is 0 Å². The van der Waals surface area contributed by atoms with Gasteiger partial charge in [-0.2, -0.15) is 5.10 Å². The van der Waals surface area contributed by atoms with Crippen molar-refractivity contribution < 1.29 is 0 Å². The number of hydrogen-bond acceptors (Lipinski definition) is 5. The fourth-order valence-electron chi connectivity index (χ4n) is 2.76. The van der Waals surface area contributed by atoms with Crippen LogP contribution >= 0.6 is 22.9 Å². The minimum Gasteiger partial charge on any atom is -0.261 e. The second-order valence-corrected chi connectivity index (χ2v) is 6.64. The van der Waals surface area contributed by atoms with E-state index in [1.54, 1.807) is 23.9 Å². The highest BCUT2D eigenvalue weighted by molar-refractivity contribution is 7.19. The van der Waals surface area contributed by atoms with Crippen molar-refractivity contribution >= 4 is 45.2 Å². The molecule has 1 aliphatic rings. The molecule has 0 aliphatic heterocycles. The highest BCUT2D eigenvalue weighted by Crippen LogP contribution is 2.38. The Bertz CT molecular complexity index is 872. The Morgan fingerprint density at radius 1 is 1.23 bits per heavy atom. The van der Waals surface area contributed by atoms with Crippen molar-refractivity contribution in [3.8, 4) is 0 Å². The zero-order valence-electron chi connectivity index (χ0n) is 11.7. The highest BCUT2D eigenvalue weighted by atomic mass is 35.5. The third-order valence-electron chi connectivity index (χ3n) is 3.78. The summed E-state index contributed by atoms with van der Waals surface area (Å²) in [6, 6.07) is 7.60. The first kappa shape index (κ1) is 13.7. The molecule has 1 aliphatic carbocycles. The largest absolute Gasteiger partial charge is 0.261 e. The molecule has 0 unspecified atom stereocenters. The van der Waals surface area contributed by atoms with Crippen molar-refractivity contribution in [2.45, 2.75) is 19.3 Å². The second kappa shape index (κ2) is 5.66. The van der Waals surface area contributed by atoms with Gasteiger partial charge in [0.25, 0.3) is 0 Å². The van der Waals surface area contributed by atoms with Gasteiger partial charge in [-0.15, -0.1) is 11.3 Å². The molecule has 22 heavy (non-hydrogen) atoms. The average Bonchev–Trinajstić information content (AvgIpc) is 3.10. The molecule has 0 spiro atoms. The van der Waals surface area contributed by atoms with Crippen LogP contribution in [0.25, 0.3) is 10.2 Å². The van der Waals surface area contributed by atoms with Crippen LogP contribution < -0.4 is 5.43 Å². The second-order valence-electron chi connectivity index (χ2n) is 5.15. The van der Waals surface area contributed by atoms with Crippen LogP contribution in [0.4, 0.5) is 5.82 Å². The Morgan fingerprint density at radius 3 is 3.05 bits per heavy atom. The monoisotopic (exact) mass is 328 g/mol. The van der Waals surface area contributed by atoms with Crippen molar-refractivity contribution in [3.05, 3.63) is 51.6 Å². The molecule has 0 saturated carbocycles. The summed E-state index contributed by atoms with van der Waals surface area (Å²) in [6.45, 7) is 0. The standard InChI is InChI=1S/C16H13ClN4S/c17-12-6-2-1-4-10(12)8-20-21-15-14-11-5-3-7-13(11)22-16(14)19-9-18-15/h1-2,4,6,8-9H,3,5,7H2,(H,18,19,21)/b20-8+. The SMILES string of the molecule is Clc1ccccc1/C=N/Nc1ncnc2sc3c(c12)CCC3. The van der Waals surface area contributed by atoms with Crippen molar-refractivity contribution in [1.82, 2.24) is 9.97 Å². The predicted octanol–water partition coefficient (Wildman–Crippen LogP) is 4.28. The Morgan fingerprint density at radius 2 is 2.14 bits per heavy atom. The zero-order valence-corrected chi connectivity index (χ0v) is 13.3. The van der Waals surface area contributed by atoms with Crippen LogP contribution in [0.2, 0.25) is 5.02 Å². The number of hydrazone groups is 1. The Balaban J connectivity index is 1.66. The lowest BCUT2D eigenvalue weighted by atomic mass is 10.2. The van der Waals surface area contributed by atoms with Crippen LogP contribution in [0.15, 0.2) is 35.7 Å². The first-order chi connectivity index (χ1) is 10.8. The number of rotatable bonds is 3. The lowest BCUT2D eigenvalue weighted by Gasteiger charge is -2.03. The van der Waals surface area contributed by atoms with Gasteiger partial charge in [0.1, 0.15) is 11.2 Å². The molecule has 6 heteroatoms. The molecule has 3 aromatic rings. The first-order valence-electron chi connectivity index (χ1n) is 7.12. The van der Waals surface area contributed by atoms with Gasteiger partial charge in [-0.05, 0) is 30.9 Å². The number of halogens is 1. The van der Waals surface area contributed by atoms with Crippen LogP contribution in [-0.4, -0.2) is 16.2 Å². The van der Waals surface area contributed by atoms with Gasteiger partial charge in [0.15, 0.2) is 5.82 Å². The highest BCUT2D eigenvalue weighted by Gasteiger charge is 2.20. The van der Waals surface area contributed by atoms with Gasteiger partial charge in [-0.3, -0.25) is 5.43 Å².